The molecule has 0 unspecified atom stereocenters. The first-order valence-corrected chi connectivity index (χ1v) is 10.7. The third kappa shape index (κ3) is 4.35. The van der Waals surface area contributed by atoms with Gasteiger partial charge in [0.1, 0.15) is 10.8 Å². The summed E-state index contributed by atoms with van der Waals surface area (Å²) in [5.74, 6) is 0.0656. The van der Waals surface area contributed by atoms with Gasteiger partial charge in [0.05, 0.1) is 23.2 Å². The van der Waals surface area contributed by atoms with Gasteiger partial charge in [-0.05, 0) is 79.2 Å². The average Bonchev–Trinajstić information content (AvgIpc) is 3.01. The van der Waals surface area contributed by atoms with Crippen molar-refractivity contribution >= 4 is 44.1 Å². The van der Waals surface area contributed by atoms with Crippen molar-refractivity contribution in [3.05, 3.63) is 44.2 Å². The molecule has 144 valence electrons. The van der Waals surface area contributed by atoms with Gasteiger partial charge in [0.25, 0.3) is 5.91 Å². The van der Waals surface area contributed by atoms with E-state index in [-0.39, 0.29) is 11.9 Å². The first-order chi connectivity index (χ1) is 13.0. The second kappa shape index (κ2) is 8.89. The van der Waals surface area contributed by atoms with E-state index in [2.05, 4.69) is 21.2 Å². The second-order valence-corrected chi connectivity index (χ2v) is 8.13. The highest BCUT2D eigenvalue weighted by molar-refractivity contribution is 9.10. The van der Waals surface area contributed by atoms with Crippen LogP contribution >= 0.6 is 27.3 Å². The average molecular weight is 452 g/mol. The number of thiophene rings is 1. The predicted molar refractivity (Wildman–Crippen MR) is 110 cm³/mol. The number of fused-ring (bicyclic) bond motifs is 1. The molecule has 0 bridgehead atoms. The molecule has 0 fully saturated rings. The van der Waals surface area contributed by atoms with Crippen LogP contribution in [0.15, 0.2) is 22.7 Å². The van der Waals surface area contributed by atoms with Crippen LogP contribution in [-0.2, 0) is 17.6 Å². The van der Waals surface area contributed by atoms with Crippen LogP contribution in [0.1, 0.15) is 57.8 Å². The molecule has 0 saturated carbocycles. The van der Waals surface area contributed by atoms with Crippen LogP contribution in [0.4, 0.5) is 5.00 Å². The van der Waals surface area contributed by atoms with Crippen molar-refractivity contribution in [3.8, 4) is 5.75 Å². The van der Waals surface area contributed by atoms with Crippen molar-refractivity contribution in [2.45, 2.75) is 39.5 Å². The van der Waals surface area contributed by atoms with Gasteiger partial charge in [-0.3, -0.25) is 4.79 Å². The molecular weight excluding hydrogens is 430 g/mol. The third-order valence-electron chi connectivity index (χ3n) is 4.37. The lowest BCUT2D eigenvalue weighted by molar-refractivity contribution is 0.0526. The molecule has 3 rings (SSSR count). The zero-order chi connectivity index (χ0) is 19.4. The number of hydrogen-bond acceptors (Lipinski definition) is 5. The summed E-state index contributed by atoms with van der Waals surface area (Å²) in [7, 11) is 0. The van der Waals surface area contributed by atoms with Crippen molar-refractivity contribution < 1.29 is 19.1 Å². The number of rotatable bonds is 6. The van der Waals surface area contributed by atoms with Gasteiger partial charge in [0.15, 0.2) is 0 Å². The largest absolute Gasteiger partial charge is 0.493 e. The normalized spacial score (nSPS) is 13.0. The molecule has 1 heterocycles. The van der Waals surface area contributed by atoms with Crippen molar-refractivity contribution in [2.75, 3.05) is 18.5 Å². The molecule has 2 aromatic rings. The lowest BCUT2D eigenvalue weighted by Gasteiger charge is -2.12. The number of hydrogen-bond donors (Lipinski definition) is 1. The third-order valence-corrected chi connectivity index (χ3v) is 6.20. The van der Waals surface area contributed by atoms with E-state index in [9.17, 15) is 9.59 Å². The number of anilines is 1. The molecule has 27 heavy (non-hydrogen) atoms. The van der Waals surface area contributed by atoms with Gasteiger partial charge in [-0.25, -0.2) is 4.79 Å². The standard InChI is InChI=1S/C20H22BrNO4S/c1-3-25-15-10-9-12(11-14(15)21)18(23)22-19-17(20(24)26-4-2)13-7-5-6-8-16(13)27-19/h9-11H,3-8H2,1-2H3,(H,22,23). The SMILES string of the molecule is CCOC(=O)c1c(NC(=O)c2ccc(OCC)c(Br)c2)sc2c1CCCC2. The molecule has 0 aliphatic heterocycles. The Hall–Kier alpha value is -1.86. The summed E-state index contributed by atoms with van der Waals surface area (Å²) in [5, 5.41) is 3.50. The highest BCUT2D eigenvalue weighted by Crippen LogP contribution is 2.39. The highest BCUT2D eigenvalue weighted by Gasteiger charge is 2.27. The molecule has 1 aromatic heterocycles. The Labute approximate surface area is 171 Å². The summed E-state index contributed by atoms with van der Waals surface area (Å²) >= 11 is 4.92. The second-order valence-electron chi connectivity index (χ2n) is 6.17. The number of benzene rings is 1. The number of ether oxygens (including phenoxy) is 2. The van der Waals surface area contributed by atoms with Crippen molar-refractivity contribution in [1.29, 1.82) is 0 Å². The topological polar surface area (TPSA) is 64.6 Å². The summed E-state index contributed by atoms with van der Waals surface area (Å²) in [6.07, 6.45) is 3.95. The number of aryl methyl sites for hydroxylation is 1. The van der Waals surface area contributed by atoms with Crippen LogP contribution in [0.3, 0.4) is 0 Å². The lowest BCUT2D eigenvalue weighted by atomic mass is 9.95. The molecule has 1 aliphatic rings. The molecular formula is C20H22BrNO4S. The first-order valence-electron chi connectivity index (χ1n) is 9.10. The summed E-state index contributed by atoms with van der Waals surface area (Å²) < 4.78 is 11.4. The van der Waals surface area contributed by atoms with Crippen LogP contribution in [0.2, 0.25) is 0 Å². The summed E-state index contributed by atoms with van der Waals surface area (Å²) in [6, 6.07) is 5.19. The van der Waals surface area contributed by atoms with Gasteiger partial charge in [-0.15, -0.1) is 11.3 Å². The van der Waals surface area contributed by atoms with E-state index in [0.29, 0.717) is 39.6 Å². The molecule has 0 spiro atoms. The van der Waals surface area contributed by atoms with E-state index in [0.717, 1.165) is 31.2 Å². The summed E-state index contributed by atoms with van der Waals surface area (Å²) in [5.41, 5.74) is 2.05. The Bertz CT molecular complexity index is 862. The zero-order valence-electron chi connectivity index (χ0n) is 15.4. The van der Waals surface area contributed by atoms with E-state index in [1.165, 1.54) is 16.2 Å². The van der Waals surface area contributed by atoms with Crippen LogP contribution in [0, 0.1) is 0 Å². The van der Waals surface area contributed by atoms with Crippen LogP contribution < -0.4 is 10.1 Å². The molecule has 1 N–H and O–H groups in total. The van der Waals surface area contributed by atoms with Crippen molar-refractivity contribution in [1.82, 2.24) is 0 Å². The van der Waals surface area contributed by atoms with E-state index >= 15 is 0 Å². The van der Waals surface area contributed by atoms with Crippen molar-refractivity contribution in [2.24, 2.45) is 0 Å². The van der Waals surface area contributed by atoms with Crippen molar-refractivity contribution in [3.63, 3.8) is 0 Å². The minimum Gasteiger partial charge on any atom is -0.493 e. The molecule has 5 nitrogen and oxygen atoms in total. The maximum absolute atomic E-state index is 12.8. The van der Waals surface area contributed by atoms with Gasteiger partial charge in [0, 0.05) is 10.4 Å². The zero-order valence-corrected chi connectivity index (χ0v) is 17.8. The molecule has 7 heteroatoms. The number of nitrogens with one attached hydrogen (secondary N) is 1. The monoisotopic (exact) mass is 451 g/mol. The maximum atomic E-state index is 12.8. The smallest absolute Gasteiger partial charge is 0.341 e. The lowest BCUT2D eigenvalue weighted by Crippen LogP contribution is -2.15. The highest BCUT2D eigenvalue weighted by atomic mass is 79.9. The maximum Gasteiger partial charge on any atom is 0.341 e. The molecule has 0 saturated heterocycles. The minimum atomic E-state index is -0.361. The quantitative estimate of drug-likeness (QED) is 0.611. The molecule has 1 aromatic carbocycles. The number of carbonyl (C=O) groups excluding carboxylic acids is 2. The van der Waals surface area contributed by atoms with Gasteiger partial charge in [-0.2, -0.15) is 0 Å². The van der Waals surface area contributed by atoms with Gasteiger partial charge >= 0.3 is 5.97 Å². The van der Waals surface area contributed by atoms with Crippen LogP contribution in [-0.4, -0.2) is 25.1 Å². The Kier molecular flexibility index (Phi) is 6.55. The van der Waals surface area contributed by atoms with E-state index in [1.54, 1.807) is 25.1 Å². The fourth-order valence-electron chi connectivity index (χ4n) is 3.16. The Morgan fingerprint density at radius 3 is 2.67 bits per heavy atom. The predicted octanol–water partition coefficient (Wildman–Crippen LogP) is 5.22. The van der Waals surface area contributed by atoms with Crippen LogP contribution in [0.25, 0.3) is 0 Å². The van der Waals surface area contributed by atoms with E-state index < -0.39 is 0 Å². The van der Waals surface area contributed by atoms with E-state index in [4.69, 9.17) is 9.47 Å². The van der Waals surface area contributed by atoms with E-state index in [1.807, 2.05) is 6.92 Å². The Balaban J connectivity index is 1.88. The summed E-state index contributed by atoms with van der Waals surface area (Å²) in [4.78, 5) is 26.4. The van der Waals surface area contributed by atoms with Gasteiger partial charge in [-0.1, -0.05) is 0 Å². The van der Waals surface area contributed by atoms with Crippen LogP contribution in [0.5, 0.6) is 5.75 Å². The molecule has 1 aliphatic carbocycles. The minimum absolute atomic E-state index is 0.261. The Morgan fingerprint density at radius 1 is 1.19 bits per heavy atom. The number of halogens is 1. The number of carbonyl (C=O) groups is 2. The fraction of sp³-hybridized carbons (Fsp3) is 0.400. The number of amides is 1. The molecule has 0 radical (unpaired) electrons. The fourth-order valence-corrected chi connectivity index (χ4v) is 4.93. The number of esters is 1. The van der Waals surface area contributed by atoms with Gasteiger partial charge in [0.2, 0.25) is 0 Å². The molecule has 1 amide bonds. The summed E-state index contributed by atoms with van der Waals surface area (Å²) in [6.45, 7) is 4.55. The Morgan fingerprint density at radius 2 is 1.96 bits per heavy atom. The first kappa shape index (κ1) is 19.9. The van der Waals surface area contributed by atoms with Gasteiger partial charge < -0.3 is 14.8 Å². The molecule has 0 atom stereocenters.